The van der Waals surface area contributed by atoms with Gasteiger partial charge in [-0.3, -0.25) is 24.0 Å². The molecule has 61 heavy (non-hydrogen) atoms. The fourth-order valence-corrected chi connectivity index (χ4v) is 7.82. The Labute approximate surface area is 366 Å². The lowest BCUT2D eigenvalue weighted by Gasteiger charge is -2.36. The van der Waals surface area contributed by atoms with Crippen LogP contribution in [0.3, 0.4) is 0 Å². The molecule has 1 aliphatic rings. The van der Waals surface area contributed by atoms with Crippen molar-refractivity contribution in [3.8, 4) is 12.3 Å². The summed E-state index contributed by atoms with van der Waals surface area (Å²) in [5.74, 6) is -2.90. The van der Waals surface area contributed by atoms with Crippen LogP contribution >= 0.6 is 0 Å². The zero-order valence-electron chi connectivity index (χ0n) is 39.7. The monoisotopic (exact) mass is 862 g/mol. The van der Waals surface area contributed by atoms with Crippen molar-refractivity contribution in [3.63, 3.8) is 0 Å². The topological polar surface area (TPSA) is 181 Å². The molecule has 0 aromatic carbocycles. The summed E-state index contributed by atoms with van der Waals surface area (Å²) < 4.78 is 16.5. The van der Waals surface area contributed by atoms with E-state index in [0.717, 1.165) is 12.8 Å². The molecule has 1 heterocycles. The van der Waals surface area contributed by atoms with Crippen LogP contribution in [0.2, 0.25) is 0 Å². The summed E-state index contributed by atoms with van der Waals surface area (Å²) in [4.78, 5) is 100. The highest BCUT2D eigenvalue weighted by Gasteiger charge is 2.44. The predicted octanol–water partition coefficient (Wildman–Crippen LogP) is 4.73. The number of nitrogens with one attached hydrogen (secondary N) is 2. The molecule has 15 nitrogen and oxygen atoms in total. The fraction of sp³-hybridized carbons (Fsp3) is 0.804. The molecule has 1 saturated heterocycles. The van der Waals surface area contributed by atoms with Gasteiger partial charge >= 0.3 is 11.9 Å². The maximum absolute atomic E-state index is 14.3. The number of rotatable bonds is 26. The second-order valence-electron chi connectivity index (χ2n) is 17.7. The number of carbonyl (C=O) groups is 7. The van der Waals surface area contributed by atoms with Crippen LogP contribution < -0.4 is 10.6 Å². The number of amides is 5. The summed E-state index contributed by atoms with van der Waals surface area (Å²) in [6, 6.07) is -4.90. The van der Waals surface area contributed by atoms with Crippen LogP contribution in [-0.4, -0.2) is 133 Å². The summed E-state index contributed by atoms with van der Waals surface area (Å²) in [7, 11) is 5.98. The summed E-state index contributed by atoms with van der Waals surface area (Å²) in [5, 5.41) is 5.74. The first-order valence-electron chi connectivity index (χ1n) is 22.3. The van der Waals surface area contributed by atoms with Crippen LogP contribution in [0.5, 0.6) is 0 Å². The Morgan fingerprint density at radius 3 is 1.85 bits per heavy atom. The van der Waals surface area contributed by atoms with E-state index in [0.29, 0.717) is 51.5 Å². The van der Waals surface area contributed by atoms with Crippen molar-refractivity contribution < 1.29 is 47.8 Å². The molecule has 1 aliphatic heterocycles. The number of likely N-dealkylation sites (N-methyl/N-ethyl adjacent to an activating group) is 2. The maximum atomic E-state index is 14.3. The van der Waals surface area contributed by atoms with Gasteiger partial charge in [-0.15, -0.1) is 12.3 Å². The van der Waals surface area contributed by atoms with E-state index in [4.69, 9.17) is 20.6 Å². The summed E-state index contributed by atoms with van der Waals surface area (Å²) in [6.07, 6.45) is 10.1. The maximum Gasteiger partial charge on any atom is 0.329 e. The van der Waals surface area contributed by atoms with Gasteiger partial charge in [-0.25, -0.2) is 9.59 Å². The molecular weight excluding hydrogens is 783 g/mol. The first kappa shape index (κ1) is 54.8. The quantitative estimate of drug-likeness (QED) is 0.0701. The van der Waals surface area contributed by atoms with Crippen molar-refractivity contribution in [1.29, 1.82) is 0 Å². The van der Waals surface area contributed by atoms with Gasteiger partial charge in [-0.1, -0.05) is 75.7 Å². The van der Waals surface area contributed by atoms with Gasteiger partial charge in [-0.05, 0) is 68.6 Å². The number of likely N-dealkylation sites (tertiary alicyclic amines) is 1. The molecular formula is C46H79N5O10. The molecule has 0 bridgehead atoms. The van der Waals surface area contributed by atoms with Gasteiger partial charge in [0.05, 0.1) is 13.2 Å². The Morgan fingerprint density at radius 1 is 0.770 bits per heavy atom. The third-order valence-electron chi connectivity index (χ3n) is 12.1. The van der Waals surface area contributed by atoms with E-state index in [9.17, 15) is 33.6 Å². The number of terminal acetylenes is 1. The van der Waals surface area contributed by atoms with Crippen molar-refractivity contribution in [1.82, 2.24) is 25.3 Å². The first-order chi connectivity index (χ1) is 28.6. The second kappa shape index (κ2) is 27.0. The lowest BCUT2D eigenvalue weighted by molar-refractivity contribution is -0.172. The molecule has 0 saturated carbocycles. The lowest BCUT2D eigenvalue weighted by atomic mass is 9.94. The number of esters is 2. The molecule has 15 heteroatoms. The smallest absolute Gasteiger partial charge is 0.329 e. The van der Waals surface area contributed by atoms with Gasteiger partial charge in [0.15, 0.2) is 6.10 Å². The number of hydrogen-bond donors (Lipinski definition) is 2. The Bertz CT molecular complexity index is 1490. The van der Waals surface area contributed by atoms with Gasteiger partial charge < -0.3 is 39.5 Å². The Balaban J connectivity index is 3.26. The van der Waals surface area contributed by atoms with E-state index in [1.54, 1.807) is 62.6 Å². The van der Waals surface area contributed by atoms with E-state index in [2.05, 4.69) is 16.6 Å². The minimum absolute atomic E-state index is 0.0158. The van der Waals surface area contributed by atoms with Gasteiger partial charge in [0.25, 0.3) is 5.91 Å². The molecule has 5 amide bonds. The van der Waals surface area contributed by atoms with Crippen LogP contribution in [-0.2, 0) is 47.8 Å². The molecule has 0 spiro atoms. The van der Waals surface area contributed by atoms with E-state index >= 15 is 0 Å². The summed E-state index contributed by atoms with van der Waals surface area (Å²) in [5.41, 5.74) is 0. The summed E-state index contributed by atoms with van der Waals surface area (Å²) in [6.45, 7) is 18.4. The number of carbonyl (C=O) groups excluding carboxylic acids is 7. The Morgan fingerprint density at radius 2 is 1.34 bits per heavy atom. The normalized spacial score (nSPS) is 17.9. The number of ether oxygens (including phenoxy) is 3. The van der Waals surface area contributed by atoms with Gasteiger partial charge in [0.2, 0.25) is 23.6 Å². The van der Waals surface area contributed by atoms with Gasteiger partial charge in [0, 0.05) is 46.5 Å². The Kier molecular flexibility index (Phi) is 24.3. The molecule has 1 fully saturated rings. The van der Waals surface area contributed by atoms with E-state index in [1.165, 1.54) is 28.9 Å². The van der Waals surface area contributed by atoms with Crippen LogP contribution in [0.1, 0.15) is 133 Å². The minimum atomic E-state index is -1.20. The second-order valence-corrected chi connectivity index (χ2v) is 17.7. The van der Waals surface area contributed by atoms with Gasteiger partial charge in [0.1, 0.15) is 30.2 Å². The molecule has 9 atom stereocenters. The standard InChI is InChI=1S/C46H79N5O10/c1-16-19-20-23-33(59-14)24-21-26-35(52)49(12)39(31(10)17-2)42(54)47-36(28(4)5)41(53)48-37(29(6)7)43(55)50(13)38(30(8)9)46(58)61-40(32(11)18-3)44(56)51-27-22-25-34(51)45(57)60-15/h1,28-34,36-40H,17-27H2,2-15H3,(H,47,54)(H,48,53)/t31-,32-,33?,34+,36-,37-,38-,39-,40-/m0/s1. The number of nitrogens with zero attached hydrogens (tertiary/aromatic N) is 3. The minimum Gasteiger partial charge on any atom is -0.467 e. The van der Waals surface area contributed by atoms with Crippen molar-refractivity contribution in [3.05, 3.63) is 0 Å². The van der Waals surface area contributed by atoms with Crippen molar-refractivity contribution >= 4 is 41.5 Å². The molecule has 2 N–H and O–H groups in total. The molecule has 1 rings (SSSR count). The summed E-state index contributed by atoms with van der Waals surface area (Å²) >= 11 is 0. The third-order valence-corrected chi connectivity index (χ3v) is 12.1. The van der Waals surface area contributed by atoms with Crippen LogP contribution in [0.15, 0.2) is 0 Å². The highest BCUT2D eigenvalue weighted by atomic mass is 16.6. The van der Waals surface area contributed by atoms with Crippen LogP contribution in [0.25, 0.3) is 0 Å². The van der Waals surface area contributed by atoms with Crippen molar-refractivity contribution in [2.75, 3.05) is 34.9 Å². The predicted molar refractivity (Wildman–Crippen MR) is 234 cm³/mol. The highest BCUT2D eigenvalue weighted by molar-refractivity contribution is 5.96. The van der Waals surface area contributed by atoms with Crippen LogP contribution in [0, 0.1) is 41.9 Å². The lowest BCUT2D eigenvalue weighted by Crippen LogP contribution is -2.61. The SMILES string of the molecule is C#CCCCC(CCCC(=O)N(C)[C@H](C(=O)N[C@H](C(=O)N[C@H](C(=O)N(C)[C@H](C(=O)O[C@H](C(=O)N1CCC[C@@H]1C(=O)OC)[C@@H](C)CC)C(C)C)C(C)C)C(C)C)[C@@H](C)CC)OC. The van der Waals surface area contributed by atoms with Gasteiger partial charge in [-0.2, -0.15) is 0 Å². The first-order valence-corrected chi connectivity index (χ1v) is 22.3. The fourth-order valence-electron chi connectivity index (χ4n) is 7.82. The zero-order valence-corrected chi connectivity index (χ0v) is 39.7. The van der Waals surface area contributed by atoms with Crippen molar-refractivity contribution in [2.45, 2.75) is 176 Å². The van der Waals surface area contributed by atoms with E-state index < -0.39 is 95.6 Å². The molecule has 0 aromatic rings. The zero-order chi connectivity index (χ0) is 46.7. The molecule has 0 aliphatic carbocycles. The average molecular weight is 862 g/mol. The van der Waals surface area contributed by atoms with E-state index in [1.807, 2.05) is 20.8 Å². The number of methoxy groups -OCH3 is 2. The number of hydrogen-bond acceptors (Lipinski definition) is 10. The molecule has 0 aromatic heterocycles. The largest absolute Gasteiger partial charge is 0.467 e. The van der Waals surface area contributed by atoms with Crippen molar-refractivity contribution in [2.24, 2.45) is 29.6 Å². The van der Waals surface area contributed by atoms with E-state index in [-0.39, 0.29) is 24.3 Å². The molecule has 1 unspecified atom stereocenters. The molecule has 348 valence electrons. The average Bonchev–Trinajstić information content (AvgIpc) is 3.72. The number of unbranched alkanes of at least 4 members (excludes halogenated alkanes) is 1. The van der Waals surface area contributed by atoms with Crippen LogP contribution in [0.4, 0.5) is 0 Å². The third kappa shape index (κ3) is 15.9. The Hall–Kier alpha value is -4.19. The highest BCUT2D eigenvalue weighted by Crippen LogP contribution is 2.26. The molecule has 0 radical (unpaired) electrons.